The molecule has 1 heterocycles. The van der Waals surface area contributed by atoms with Crippen molar-refractivity contribution in [2.24, 2.45) is 0 Å². The number of benzene rings is 2. The molecule has 0 aliphatic carbocycles. The summed E-state index contributed by atoms with van der Waals surface area (Å²) in [4.78, 5) is 26.7. The highest BCUT2D eigenvalue weighted by Gasteiger charge is 2.21. The summed E-state index contributed by atoms with van der Waals surface area (Å²) in [5, 5.41) is 23.8. The van der Waals surface area contributed by atoms with Gasteiger partial charge in [-0.05, 0) is 37.8 Å². The Hall–Kier alpha value is -3.00. The topological polar surface area (TPSA) is 94.8 Å². The summed E-state index contributed by atoms with van der Waals surface area (Å²) in [6.45, 7) is 4.93. The maximum atomic E-state index is 13.1. The van der Waals surface area contributed by atoms with Crippen LogP contribution in [0.5, 0.6) is 0 Å². The lowest BCUT2D eigenvalue weighted by molar-refractivity contribution is -0.134. The lowest BCUT2D eigenvalue weighted by atomic mass is 10.0. The third kappa shape index (κ3) is 5.38. The fourth-order valence-electron chi connectivity index (χ4n) is 3.73. The summed E-state index contributed by atoms with van der Waals surface area (Å²) < 4.78 is 1.62. The van der Waals surface area contributed by atoms with E-state index in [-0.39, 0.29) is 24.1 Å². The van der Waals surface area contributed by atoms with Crippen molar-refractivity contribution in [1.82, 2.24) is 14.8 Å². The summed E-state index contributed by atoms with van der Waals surface area (Å²) in [5.41, 5.74) is 1.84. The lowest BCUT2D eigenvalue weighted by Gasteiger charge is -2.28. The number of nitrogens with one attached hydrogen (secondary N) is 1. The second-order valence-electron chi connectivity index (χ2n) is 7.82. The van der Waals surface area contributed by atoms with Crippen LogP contribution < -0.4 is 10.9 Å². The highest BCUT2D eigenvalue weighted by molar-refractivity contribution is 5.95. The molecule has 1 amide bonds. The molecule has 31 heavy (non-hydrogen) atoms. The van der Waals surface area contributed by atoms with Crippen LogP contribution in [0.1, 0.15) is 20.8 Å². The third-order valence-electron chi connectivity index (χ3n) is 5.24. The molecule has 0 aliphatic heterocycles. The molecule has 0 spiro atoms. The number of nitrogens with zero attached hydrogens (tertiary/aromatic N) is 2. The Kier molecular flexibility index (Phi) is 7.22. The van der Waals surface area contributed by atoms with Crippen molar-refractivity contribution in [3.63, 3.8) is 0 Å². The molecule has 0 saturated carbocycles. The molecule has 7 nitrogen and oxygen atoms in total. The number of carbonyl (C=O) groups is 1. The van der Waals surface area contributed by atoms with E-state index < -0.39 is 12.5 Å². The molecular formula is C24H29N3O4. The molecule has 3 atom stereocenters. The molecule has 3 aromatic rings. The Morgan fingerprint density at radius 1 is 0.968 bits per heavy atom. The zero-order valence-electron chi connectivity index (χ0n) is 18.0. The first-order valence-corrected chi connectivity index (χ1v) is 10.4. The van der Waals surface area contributed by atoms with Crippen LogP contribution in [-0.4, -0.2) is 50.6 Å². The molecule has 0 radical (unpaired) electrons. The zero-order chi connectivity index (χ0) is 22.5. The van der Waals surface area contributed by atoms with Crippen LogP contribution in [-0.2, 0) is 11.3 Å². The van der Waals surface area contributed by atoms with E-state index in [0.29, 0.717) is 11.9 Å². The summed E-state index contributed by atoms with van der Waals surface area (Å²) in [7, 11) is 0. The third-order valence-corrected chi connectivity index (χ3v) is 5.24. The fourth-order valence-corrected chi connectivity index (χ4v) is 3.73. The average molecular weight is 424 g/mol. The Bertz CT molecular complexity index is 1080. The Morgan fingerprint density at radius 2 is 1.55 bits per heavy atom. The van der Waals surface area contributed by atoms with Gasteiger partial charge < -0.3 is 20.1 Å². The van der Waals surface area contributed by atoms with E-state index in [2.05, 4.69) is 5.32 Å². The van der Waals surface area contributed by atoms with E-state index in [1.54, 1.807) is 4.57 Å². The standard InChI is InChI=1S/C24H29N3O4/c1-16(25-23(30)15-27(17(2)28)18(3)29)13-26-14-22(19-9-5-4-6-10-19)20-11-7-8-12-21(20)24(26)31/h4-12,14,16-18,28-29H,13,15H2,1-3H3,(H,25,30). The Morgan fingerprint density at radius 3 is 2.16 bits per heavy atom. The van der Waals surface area contributed by atoms with Gasteiger partial charge in [0.25, 0.3) is 5.56 Å². The molecule has 3 rings (SSSR count). The van der Waals surface area contributed by atoms with Crippen LogP contribution in [0.3, 0.4) is 0 Å². The number of hydrogen-bond donors (Lipinski definition) is 3. The number of rotatable bonds is 8. The Labute approximate surface area is 181 Å². The van der Waals surface area contributed by atoms with E-state index in [0.717, 1.165) is 16.5 Å². The van der Waals surface area contributed by atoms with Gasteiger partial charge in [0.2, 0.25) is 5.91 Å². The van der Waals surface area contributed by atoms with E-state index >= 15 is 0 Å². The minimum absolute atomic E-state index is 0.119. The number of aliphatic hydroxyl groups excluding tert-OH is 2. The molecule has 3 N–H and O–H groups in total. The quantitative estimate of drug-likeness (QED) is 0.483. The first kappa shape index (κ1) is 22.7. The Balaban J connectivity index is 1.85. The first-order chi connectivity index (χ1) is 14.8. The van der Waals surface area contributed by atoms with Crippen LogP contribution in [0.15, 0.2) is 65.6 Å². The molecule has 164 valence electrons. The number of carbonyl (C=O) groups excluding carboxylic acids is 1. The summed E-state index contributed by atoms with van der Waals surface area (Å²) in [5.74, 6) is -0.341. The van der Waals surface area contributed by atoms with Crippen LogP contribution in [0.2, 0.25) is 0 Å². The second kappa shape index (κ2) is 9.87. The molecule has 0 bridgehead atoms. The zero-order valence-corrected chi connectivity index (χ0v) is 18.0. The molecule has 0 fully saturated rings. The molecule has 7 heteroatoms. The number of aromatic nitrogens is 1. The van der Waals surface area contributed by atoms with Gasteiger partial charge in [0.15, 0.2) is 0 Å². The predicted octanol–water partition coefficient (Wildman–Crippen LogP) is 2.15. The number of amides is 1. The molecule has 0 aliphatic rings. The van der Waals surface area contributed by atoms with E-state index in [9.17, 15) is 19.8 Å². The van der Waals surface area contributed by atoms with Crippen molar-refractivity contribution in [1.29, 1.82) is 0 Å². The van der Waals surface area contributed by atoms with Gasteiger partial charge in [0.1, 0.15) is 12.5 Å². The highest BCUT2D eigenvalue weighted by Crippen LogP contribution is 2.26. The predicted molar refractivity (Wildman–Crippen MR) is 121 cm³/mol. The van der Waals surface area contributed by atoms with Crippen molar-refractivity contribution < 1.29 is 15.0 Å². The van der Waals surface area contributed by atoms with Crippen molar-refractivity contribution in [2.75, 3.05) is 6.54 Å². The van der Waals surface area contributed by atoms with Gasteiger partial charge in [-0.1, -0.05) is 48.5 Å². The number of fused-ring (bicyclic) bond motifs is 1. The largest absolute Gasteiger partial charge is 0.379 e. The molecule has 3 unspecified atom stereocenters. The normalized spacial score (nSPS) is 14.4. The minimum atomic E-state index is -0.961. The van der Waals surface area contributed by atoms with Gasteiger partial charge >= 0.3 is 0 Å². The van der Waals surface area contributed by atoms with Crippen LogP contribution >= 0.6 is 0 Å². The number of pyridine rings is 1. The van der Waals surface area contributed by atoms with E-state index in [1.165, 1.54) is 18.7 Å². The van der Waals surface area contributed by atoms with Crippen LogP contribution in [0, 0.1) is 0 Å². The van der Waals surface area contributed by atoms with Crippen molar-refractivity contribution in [3.8, 4) is 11.1 Å². The second-order valence-corrected chi connectivity index (χ2v) is 7.82. The maximum Gasteiger partial charge on any atom is 0.258 e. The summed E-state index contributed by atoms with van der Waals surface area (Å²) in [6.07, 6.45) is -0.0872. The molecule has 2 aromatic carbocycles. The smallest absolute Gasteiger partial charge is 0.258 e. The maximum absolute atomic E-state index is 13.1. The monoisotopic (exact) mass is 423 g/mol. The first-order valence-electron chi connectivity index (χ1n) is 10.4. The number of hydrogen-bond acceptors (Lipinski definition) is 5. The van der Waals surface area contributed by atoms with Gasteiger partial charge in [-0.25, -0.2) is 4.90 Å². The minimum Gasteiger partial charge on any atom is -0.379 e. The summed E-state index contributed by atoms with van der Waals surface area (Å²) >= 11 is 0. The van der Waals surface area contributed by atoms with Gasteiger partial charge in [-0.3, -0.25) is 9.59 Å². The fraction of sp³-hybridized carbons (Fsp3) is 0.333. The van der Waals surface area contributed by atoms with Gasteiger partial charge in [-0.2, -0.15) is 0 Å². The van der Waals surface area contributed by atoms with Crippen LogP contribution in [0.4, 0.5) is 0 Å². The SMILES string of the molecule is CC(Cn1cc(-c2ccccc2)c2ccccc2c1=O)NC(=O)CN(C(C)O)C(C)O. The molecule has 1 aromatic heterocycles. The van der Waals surface area contributed by atoms with E-state index in [1.807, 2.05) is 67.7 Å². The van der Waals surface area contributed by atoms with Crippen molar-refractivity contribution >= 4 is 16.7 Å². The van der Waals surface area contributed by atoms with Crippen molar-refractivity contribution in [3.05, 3.63) is 71.1 Å². The van der Waals surface area contributed by atoms with Gasteiger partial charge in [-0.15, -0.1) is 0 Å². The average Bonchev–Trinajstić information content (AvgIpc) is 2.74. The molecule has 0 saturated heterocycles. The van der Waals surface area contributed by atoms with Crippen LogP contribution in [0.25, 0.3) is 21.9 Å². The van der Waals surface area contributed by atoms with Gasteiger partial charge in [0, 0.05) is 29.7 Å². The van der Waals surface area contributed by atoms with E-state index in [4.69, 9.17) is 0 Å². The summed E-state index contributed by atoms with van der Waals surface area (Å²) in [6, 6.07) is 17.0. The van der Waals surface area contributed by atoms with Crippen molar-refractivity contribution in [2.45, 2.75) is 45.8 Å². The lowest BCUT2D eigenvalue weighted by Crippen LogP contribution is -2.48. The number of aliphatic hydroxyl groups is 2. The van der Waals surface area contributed by atoms with Gasteiger partial charge in [0.05, 0.1) is 6.54 Å². The highest BCUT2D eigenvalue weighted by atomic mass is 16.3. The molecular weight excluding hydrogens is 394 g/mol.